The van der Waals surface area contributed by atoms with Gasteiger partial charge in [-0.3, -0.25) is 14.4 Å². The van der Waals surface area contributed by atoms with Crippen LogP contribution in [0, 0.1) is 0 Å². The number of aldehydes is 2. The number of rotatable bonds is 23. The first-order valence-electron chi connectivity index (χ1n) is 19.0. The third-order valence-electron chi connectivity index (χ3n) is 9.21. The highest BCUT2D eigenvalue weighted by Gasteiger charge is 2.22. The molecule has 308 valence electrons. The van der Waals surface area contributed by atoms with E-state index in [9.17, 15) is 24.0 Å². The molecular formula is C42H58N8O7. The van der Waals surface area contributed by atoms with Crippen LogP contribution in [0.15, 0.2) is 90.8 Å². The summed E-state index contributed by atoms with van der Waals surface area (Å²) in [5.41, 5.74) is 9.01. The van der Waals surface area contributed by atoms with Crippen molar-refractivity contribution in [3.8, 4) is 11.5 Å². The number of likely N-dealkylation sites (tertiary alicyclic amines) is 1. The normalized spacial score (nSPS) is 15.4. The predicted molar refractivity (Wildman–Crippen MR) is 219 cm³/mol. The summed E-state index contributed by atoms with van der Waals surface area (Å²) in [5.74, 6) is 6.51. The molecule has 1 heterocycles. The molecule has 3 amide bonds. The maximum Gasteiger partial charge on any atom is 0.243 e. The van der Waals surface area contributed by atoms with E-state index < -0.39 is 24.0 Å². The third-order valence-corrected chi connectivity index (χ3v) is 9.21. The van der Waals surface area contributed by atoms with Crippen LogP contribution in [0.2, 0.25) is 0 Å². The molecule has 0 aromatic heterocycles. The maximum absolute atomic E-state index is 12.8. The van der Waals surface area contributed by atoms with Gasteiger partial charge in [-0.25, -0.2) is 5.84 Å². The van der Waals surface area contributed by atoms with E-state index in [2.05, 4.69) is 40.1 Å². The number of amides is 3. The van der Waals surface area contributed by atoms with Gasteiger partial charge in [0.15, 0.2) is 0 Å². The van der Waals surface area contributed by atoms with Crippen molar-refractivity contribution in [2.24, 2.45) is 11.6 Å². The molecule has 1 fully saturated rings. The Morgan fingerprint density at radius 2 is 1.44 bits per heavy atom. The largest absolute Gasteiger partial charge is 0.492 e. The fourth-order valence-electron chi connectivity index (χ4n) is 5.91. The molecule has 1 unspecified atom stereocenters. The zero-order valence-corrected chi connectivity index (χ0v) is 33.1. The van der Waals surface area contributed by atoms with Crippen LogP contribution in [0.1, 0.15) is 36.5 Å². The molecule has 0 radical (unpaired) electrons. The molecule has 15 heteroatoms. The molecule has 3 aromatic carbocycles. The fourth-order valence-corrected chi connectivity index (χ4v) is 5.91. The van der Waals surface area contributed by atoms with Crippen LogP contribution in [0.3, 0.4) is 0 Å². The average Bonchev–Trinajstić information content (AvgIpc) is 3.59. The molecule has 1 saturated heterocycles. The van der Waals surface area contributed by atoms with Crippen molar-refractivity contribution in [1.29, 1.82) is 0 Å². The number of nitrogens with two attached hydrogens (primary N) is 2. The molecular weight excluding hydrogens is 729 g/mol. The smallest absolute Gasteiger partial charge is 0.243 e. The van der Waals surface area contributed by atoms with Gasteiger partial charge in [0.25, 0.3) is 0 Å². The predicted octanol–water partition coefficient (Wildman–Crippen LogP) is 1.25. The number of hydrogen-bond donors (Lipinski definition) is 6. The van der Waals surface area contributed by atoms with Gasteiger partial charge in [-0.1, -0.05) is 54.6 Å². The van der Waals surface area contributed by atoms with E-state index in [1.165, 1.54) is 24.4 Å². The molecule has 8 N–H and O–H groups in total. The van der Waals surface area contributed by atoms with E-state index in [1.807, 2.05) is 42.5 Å². The van der Waals surface area contributed by atoms with E-state index in [0.29, 0.717) is 55.6 Å². The lowest BCUT2D eigenvalue weighted by molar-refractivity contribution is -0.127. The van der Waals surface area contributed by atoms with Crippen LogP contribution in [-0.2, 0) is 43.2 Å². The van der Waals surface area contributed by atoms with Crippen LogP contribution in [-0.4, -0.2) is 112 Å². The highest BCUT2D eigenvalue weighted by molar-refractivity contribution is 5.86. The number of nitrogens with zero attached hydrogens (tertiary/aromatic N) is 2. The Hall–Kier alpha value is -5.77. The lowest BCUT2D eigenvalue weighted by Crippen LogP contribution is -2.49. The van der Waals surface area contributed by atoms with Gasteiger partial charge >= 0.3 is 0 Å². The number of ether oxygens (including phenoxy) is 2. The molecule has 15 nitrogen and oxygen atoms in total. The van der Waals surface area contributed by atoms with Gasteiger partial charge in [0.1, 0.15) is 43.3 Å². The molecule has 1 aliphatic heterocycles. The highest BCUT2D eigenvalue weighted by atomic mass is 16.5. The van der Waals surface area contributed by atoms with Crippen molar-refractivity contribution < 1.29 is 33.4 Å². The molecule has 1 aliphatic rings. The monoisotopic (exact) mass is 786 g/mol. The molecule has 57 heavy (non-hydrogen) atoms. The summed E-state index contributed by atoms with van der Waals surface area (Å²) in [6.45, 7) is 4.41. The molecule has 0 aliphatic carbocycles. The van der Waals surface area contributed by atoms with Crippen LogP contribution < -0.4 is 42.3 Å². The highest BCUT2D eigenvalue weighted by Crippen LogP contribution is 2.16. The second-order valence-electron chi connectivity index (χ2n) is 13.9. The van der Waals surface area contributed by atoms with Crippen molar-refractivity contribution >= 4 is 30.8 Å². The first-order valence-corrected chi connectivity index (χ1v) is 19.0. The maximum atomic E-state index is 12.8. The SMILES string of the molecule is CNCC(=O)NC(C=O)Cc1ccc(OC/C(N)=C/N(N)CCOc2ccc(C[C@H](C=O)NC(=O)[C@H](Cc3ccccc3)NC=O)cc2)cc1.C[C@@H]1CCCN1C. The Labute approximate surface area is 335 Å². The van der Waals surface area contributed by atoms with Crippen LogP contribution >= 0.6 is 0 Å². The van der Waals surface area contributed by atoms with E-state index >= 15 is 0 Å². The van der Waals surface area contributed by atoms with Crippen molar-refractivity contribution in [2.75, 3.05) is 46.9 Å². The van der Waals surface area contributed by atoms with Crippen LogP contribution in [0.5, 0.6) is 11.5 Å². The summed E-state index contributed by atoms with van der Waals surface area (Å²) in [7, 11) is 3.85. The number of carbonyl (C=O) groups is 5. The van der Waals surface area contributed by atoms with Gasteiger partial charge in [-0.05, 0) is 94.2 Å². The molecule has 4 rings (SSSR count). The van der Waals surface area contributed by atoms with Crippen LogP contribution in [0.25, 0.3) is 0 Å². The number of benzene rings is 3. The second-order valence-corrected chi connectivity index (χ2v) is 13.9. The zero-order valence-electron chi connectivity index (χ0n) is 33.1. The Kier molecular flexibility index (Phi) is 20.3. The summed E-state index contributed by atoms with van der Waals surface area (Å²) in [6, 6.07) is 22.1. The van der Waals surface area contributed by atoms with Gasteiger partial charge < -0.3 is 56.0 Å². The fraction of sp³-hybridized carbons (Fsp3) is 0.405. The number of likely N-dealkylation sites (N-methyl/N-ethyl adjacent to an activating group) is 1. The van der Waals surface area contributed by atoms with Gasteiger partial charge in [0.2, 0.25) is 18.2 Å². The van der Waals surface area contributed by atoms with E-state index in [-0.39, 0.29) is 32.1 Å². The second kappa shape index (κ2) is 25.4. The van der Waals surface area contributed by atoms with Crippen molar-refractivity contribution in [3.63, 3.8) is 0 Å². The lowest BCUT2D eigenvalue weighted by atomic mass is 10.0. The minimum absolute atomic E-state index is 0.0932. The average molecular weight is 787 g/mol. The summed E-state index contributed by atoms with van der Waals surface area (Å²) >= 11 is 0. The summed E-state index contributed by atoms with van der Waals surface area (Å²) in [5, 5.41) is 12.0. The van der Waals surface area contributed by atoms with Gasteiger partial charge in [-0.2, -0.15) is 0 Å². The Morgan fingerprint density at radius 3 is 1.95 bits per heavy atom. The Balaban J connectivity index is 0.00000112. The molecule has 0 saturated carbocycles. The molecule has 3 aromatic rings. The van der Waals surface area contributed by atoms with Gasteiger partial charge in [0, 0.05) is 18.7 Å². The van der Waals surface area contributed by atoms with E-state index in [1.54, 1.807) is 49.6 Å². The quantitative estimate of drug-likeness (QED) is 0.0456. The topological polar surface area (TPSA) is 210 Å². The minimum Gasteiger partial charge on any atom is -0.492 e. The number of nitrogens with one attached hydrogen (secondary N) is 4. The summed E-state index contributed by atoms with van der Waals surface area (Å²) in [4.78, 5) is 61.1. The molecule has 4 atom stereocenters. The van der Waals surface area contributed by atoms with E-state index in [0.717, 1.165) is 22.7 Å². The molecule has 0 spiro atoms. The minimum atomic E-state index is -0.813. The Bertz CT molecular complexity index is 1680. The Morgan fingerprint density at radius 1 is 0.860 bits per heavy atom. The van der Waals surface area contributed by atoms with Crippen molar-refractivity contribution in [2.45, 2.75) is 63.2 Å². The standard InChI is InChI=1S/C36H45N7O7.C6H13N/c1-39-20-35(47)41-30(22-44)17-27-9-13-33(14-10-27)50-24-29(37)21-43(38)15-16-49-32-11-7-28(8-12-32)18-31(23-45)42-36(48)34(40-25-46)19-26-5-3-2-4-6-26;1-6-4-3-5-7(6)2/h2-14,21-23,25,30-31,34,39H,15-20,24,37-38H2,1H3,(H,40,46)(H,41,47)(H,42,48);6H,3-5H2,1-2H3/b29-21-;/t30?,31-,34+;6-/m11/s1. The lowest BCUT2D eigenvalue weighted by Gasteiger charge is -2.19. The number of hydrogen-bond acceptors (Lipinski definition) is 12. The number of carbonyl (C=O) groups excluding carboxylic acids is 5. The van der Waals surface area contributed by atoms with Gasteiger partial charge in [-0.15, -0.1) is 0 Å². The van der Waals surface area contributed by atoms with Gasteiger partial charge in [0.05, 0.1) is 30.9 Å². The third kappa shape index (κ3) is 17.7. The van der Waals surface area contributed by atoms with Crippen molar-refractivity contribution in [3.05, 3.63) is 107 Å². The number of hydrazine groups is 1. The van der Waals surface area contributed by atoms with E-state index in [4.69, 9.17) is 21.1 Å². The summed E-state index contributed by atoms with van der Waals surface area (Å²) in [6.07, 6.45) is 7.11. The first-order chi connectivity index (χ1) is 27.5. The van der Waals surface area contributed by atoms with Crippen LogP contribution in [0.4, 0.5) is 0 Å². The zero-order chi connectivity index (χ0) is 41.4. The first kappa shape index (κ1) is 45.6. The summed E-state index contributed by atoms with van der Waals surface area (Å²) < 4.78 is 11.5. The molecule has 0 bridgehead atoms. The van der Waals surface area contributed by atoms with Crippen molar-refractivity contribution in [1.82, 2.24) is 31.2 Å².